The Kier molecular flexibility index (Phi) is 7.75. The summed E-state index contributed by atoms with van der Waals surface area (Å²) in [6.45, 7) is 21.3. The normalized spacial score (nSPS) is 18.3. The van der Waals surface area contributed by atoms with E-state index in [0.717, 1.165) is 30.4 Å². The lowest BCUT2D eigenvalue weighted by atomic mass is 9.82. The zero-order valence-corrected chi connectivity index (χ0v) is 24.0. The number of hydrogen-bond acceptors (Lipinski definition) is 4. The van der Waals surface area contributed by atoms with Crippen LogP contribution in [0.3, 0.4) is 0 Å². The molecular weight excluding hydrogens is 446 g/mol. The third kappa shape index (κ3) is 6.15. The molecular formula is C32H45NO3. The molecule has 1 heterocycles. The molecule has 1 saturated heterocycles. The maximum atomic E-state index is 13.9. The number of hydrogen-bond donors (Lipinski definition) is 0. The third-order valence-corrected chi connectivity index (χ3v) is 7.43. The molecule has 4 heteroatoms. The molecule has 2 aromatic carbocycles. The van der Waals surface area contributed by atoms with E-state index in [-0.39, 0.29) is 33.5 Å². The van der Waals surface area contributed by atoms with Crippen molar-refractivity contribution in [3.63, 3.8) is 0 Å². The van der Waals surface area contributed by atoms with Crippen LogP contribution in [0.2, 0.25) is 0 Å². The number of hydroxylamine groups is 2. The average molecular weight is 492 g/mol. The van der Waals surface area contributed by atoms with Gasteiger partial charge in [0, 0.05) is 22.2 Å². The van der Waals surface area contributed by atoms with Gasteiger partial charge < -0.3 is 0 Å². The Balaban J connectivity index is 2.01. The van der Waals surface area contributed by atoms with Crippen LogP contribution in [0, 0.1) is 0 Å². The van der Waals surface area contributed by atoms with Crippen LogP contribution in [0.1, 0.15) is 120 Å². The standard InChI is InChI=1S/C32H45NO3/c1-29(2,3)24-16-12-22(13-17-24)26(34)28(36-33-31(7,8)20-11-21-32(33,9)10)27(35)23-14-18-25(19-15-23)30(4,5)6/h12-19,28H,11,20-21H2,1-10H3. The van der Waals surface area contributed by atoms with E-state index in [1.165, 1.54) is 0 Å². The van der Waals surface area contributed by atoms with Crippen molar-refractivity contribution in [1.29, 1.82) is 0 Å². The second-order valence-electron chi connectivity index (χ2n) is 13.6. The SMILES string of the molecule is CC(C)(C)c1ccc(C(=O)C(ON2C(C)(C)CCCC2(C)C)C(=O)c2ccc(C(C)(C)C)cc2)cc1. The number of rotatable bonds is 6. The Morgan fingerprint density at radius 1 is 0.694 bits per heavy atom. The highest BCUT2D eigenvalue weighted by atomic mass is 16.7. The van der Waals surface area contributed by atoms with Crippen molar-refractivity contribution < 1.29 is 14.4 Å². The molecule has 36 heavy (non-hydrogen) atoms. The third-order valence-electron chi connectivity index (χ3n) is 7.43. The van der Waals surface area contributed by atoms with Crippen LogP contribution in [0.25, 0.3) is 0 Å². The summed E-state index contributed by atoms with van der Waals surface area (Å²) in [7, 11) is 0. The van der Waals surface area contributed by atoms with Crippen molar-refractivity contribution in [1.82, 2.24) is 5.06 Å². The summed E-state index contributed by atoms with van der Waals surface area (Å²) < 4.78 is 0. The molecule has 0 amide bonds. The van der Waals surface area contributed by atoms with Crippen molar-refractivity contribution >= 4 is 11.6 Å². The Labute approximate surface area is 218 Å². The van der Waals surface area contributed by atoms with Gasteiger partial charge in [-0.05, 0) is 68.9 Å². The van der Waals surface area contributed by atoms with E-state index in [1.807, 2.05) is 53.6 Å². The van der Waals surface area contributed by atoms with Gasteiger partial charge in [-0.1, -0.05) is 90.1 Å². The number of nitrogens with zero attached hydrogens (tertiary/aromatic N) is 1. The van der Waals surface area contributed by atoms with Crippen LogP contribution < -0.4 is 0 Å². The molecule has 0 bridgehead atoms. The van der Waals surface area contributed by atoms with Crippen LogP contribution in [0.4, 0.5) is 0 Å². The number of benzene rings is 2. The Bertz CT molecular complexity index is 995. The highest BCUT2D eigenvalue weighted by Crippen LogP contribution is 2.39. The van der Waals surface area contributed by atoms with Gasteiger partial charge >= 0.3 is 0 Å². The fourth-order valence-corrected chi connectivity index (χ4v) is 5.15. The number of carbonyl (C=O) groups excluding carboxylic acids is 2. The largest absolute Gasteiger partial charge is 0.291 e. The van der Waals surface area contributed by atoms with Crippen LogP contribution in [-0.4, -0.2) is 33.8 Å². The van der Waals surface area contributed by atoms with Crippen LogP contribution >= 0.6 is 0 Å². The molecule has 0 aliphatic carbocycles. The molecule has 0 spiro atoms. The average Bonchev–Trinajstić information content (AvgIpc) is 2.76. The van der Waals surface area contributed by atoms with E-state index in [0.29, 0.717) is 11.1 Å². The van der Waals surface area contributed by atoms with E-state index in [4.69, 9.17) is 4.84 Å². The maximum Gasteiger partial charge on any atom is 0.204 e. The Morgan fingerprint density at radius 2 is 1.03 bits per heavy atom. The lowest BCUT2D eigenvalue weighted by Gasteiger charge is -2.52. The number of ketones is 2. The van der Waals surface area contributed by atoms with Crippen molar-refractivity contribution in [3.8, 4) is 0 Å². The van der Waals surface area contributed by atoms with Gasteiger partial charge in [-0.3, -0.25) is 14.4 Å². The second kappa shape index (κ2) is 9.87. The zero-order valence-electron chi connectivity index (χ0n) is 24.0. The summed E-state index contributed by atoms with van der Waals surface area (Å²) >= 11 is 0. The smallest absolute Gasteiger partial charge is 0.204 e. The summed E-state index contributed by atoms with van der Waals surface area (Å²) in [5.74, 6) is -0.616. The predicted octanol–water partition coefficient (Wildman–Crippen LogP) is 7.69. The van der Waals surface area contributed by atoms with Crippen molar-refractivity contribution in [2.24, 2.45) is 0 Å². The van der Waals surface area contributed by atoms with E-state index < -0.39 is 6.10 Å². The minimum Gasteiger partial charge on any atom is -0.291 e. The number of carbonyl (C=O) groups is 2. The lowest BCUT2D eigenvalue weighted by Crippen LogP contribution is -2.60. The van der Waals surface area contributed by atoms with Gasteiger partial charge in [0.05, 0.1) is 0 Å². The van der Waals surface area contributed by atoms with Crippen LogP contribution in [-0.2, 0) is 15.7 Å². The highest BCUT2D eigenvalue weighted by Gasteiger charge is 2.46. The topological polar surface area (TPSA) is 46.6 Å². The highest BCUT2D eigenvalue weighted by molar-refractivity contribution is 6.18. The summed E-state index contributed by atoms with van der Waals surface area (Å²) in [6.07, 6.45) is 1.70. The van der Waals surface area contributed by atoms with E-state index in [9.17, 15) is 9.59 Å². The fourth-order valence-electron chi connectivity index (χ4n) is 5.15. The first-order valence-electron chi connectivity index (χ1n) is 13.2. The molecule has 2 aromatic rings. The molecule has 0 atom stereocenters. The van der Waals surface area contributed by atoms with Gasteiger partial charge in [-0.25, -0.2) is 0 Å². The Morgan fingerprint density at radius 3 is 1.33 bits per heavy atom. The summed E-state index contributed by atoms with van der Waals surface area (Å²) in [6, 6.07) is 15.2. The molecule has 1 fully saturated rings. The quantitative estimate of drug-likeness (QED) is 0.307. The number of piperidine rings is 1. The summed E-state index contributed by atoms with van der Waals surface area (Å²) in [5.41, 5.74) is 2.60. The van der Waals surface area contributed by atoms with Gasteiger partial charge in [0.2, 0.25) is 17.7 Å². The predicted molar refractivity (Wildman–Crippen MR) is 148 cm³/mol. The zero-order chi connectivity index (χ0) is 27.1. The van der Waals surface area contributed by atoms with Crippen molar-refractivity contribution in [2.75, 3.05) is 0 Å². The van der Waals surface area contributed by atoms with Crippen LogP contribution in [0.5, 0.6) is 0 Å². The molecule has 1 aliphatic rings. The molecule has 0 radical (unpaired) electrons. The van der Waals surface area contributed by atoms with E-state index in [1.54, 1.807) is 0 Å². The van der Waals surface area contributed by atoms with Gasteiger partial charge in [0.1, 0.15) is 0 Å². The maximum absolute atomic E-state index is 13.9. The molecule has 3 rings (SSSR count). The van der Waals surface area contributed by atoms with E-state index in [2.05, 4.69) is 69.2 Å². The molecule has 0 N–H and O–H groups in total. The first-order chi connectivity index (χ1) is 16.4. The summed E-state index contributed by atoms with van der Waals surface area (Å²) in [4.78, 5) is 34.2. The number of Topliss-reactive ketones (excluding diaryl/α,β-unsaturated/α-hetero) is 2. The molecule has 0 aromatic heterocycles. The molecule has 196 valence electrons. The Hall–Kier alpha value is -2.30. The molecule has 0 saturated carbocycles. The van der Waals surface area contributed by atoms with E-state index >= 15 is 0 Å². The van der Waals surface area contributed by atoms with Crippen molar-refractivity contribution in [2.45, 2.75) is 117 Å². The van der Waals surface area contributed by atoms with Crippen LogP contribution in [0.15, 0.2) is 48.5 Å². The monoisotopic (exact) mass is 491 g/mol. The first-order valence-corrected chi connectivity index (χ1v) is 13.2. The first kappa shape index (κ1) is 28.3. The molecule has 0 unspecified atom stereocenters. The van der Waals surface area contributed by atoms with Gasteiger partial charge in [0.25, 0.3) is 0 Å². The minimum atomic E-state index is -1.25. The van der Waals surface area contributed by atoms with Gasteiger partial charge in [-0.2, -0.15) is 5.06 Å². The van der Waals surface area contributed by atoms with Gasteiger partial charge in [0.15, 0.2) is 0 Å². The minimum absolute atomic E-state index is 0.0239. The summed E-state index contributed by atoms with van der Waals surface area (Å²) in [5, 5.41) is 1.91. The van der Waals surface area contributed by atoms with Crippen molar-refractivity contribution in [3.05, 3.63) is 70.8 Å². The molecule has 1 aliphatic heterocycles. The second-order valence-corrected chi connectivity index (χ2v) is 13.6. The fraction of sp³-hybridized carbons (Fsp3) is 0.562. The van der Waals surface area contributed by atoms with Gasteiger partial charge in [-0.15, -0.1) is 0 Å². The lowest BCUT2D eigenvalue weighted by molar-refractivity contribution is -0.285. The molecule has 4 nitrogen and oxygen atoms in total.